The van der Waals surface area contributed by atoms with E-state index in [0.29, 0.717) is 18.4 Å². The summed E-state index contributed by atoms with van der Waals surface area (Å²) < 4.78 is 29.8. The van der Waals surface area contributed by atoms with Crippen LogP contribution in [0, 0.1) is 10.1 Å². The summed E-state index contributed by atoms with van der Waals surface area (Å²) in [6.07, 6.45) is 18.6. The molecule has 0 radical (unpaired) electrons. The fourth-order valence-corrected chi connectivity index (χ4v) is 4.42. The highest BCUT2D eigenvalue weighted by Gasteiger charge is 2.32. The van der Waals surface area contributed by atoms with Gasteiger partial charge in [-0.05, 0) is 56.4 Å². The predicted octanol–water partition coefficient (Wildman–Crippen LogP) is 8.95. The van der Waals surface area contributed by atoms with Gasteiger partial charge in [0.05, 0.1) is 10.5 Å². The molecule has 1 rings (SSSR count). The van der Waals surface area contributed by atoms with E-state index in [0.717, 1.165) is 44.9 Å². The molecule has 0 N–H and O–H groups in total. The number of ether oxygens (including phenoxy) is 1. The topological polar surface area (TPSA) is 116 Å². The molecule has 1 unspecified atom stereocenters. The number of amides is 1. The summed E-state index contributed by atoms with van der Waals surface area (Å²) in [6.45, 7) is 7.82. The highest BCUT2D eigenvalue weighted by Crippen LogP contribution is 2.39. The summed E-state index contributed by atoms with van der Waals surface area (Å²) in [5, 5.41) is 12.0. The van der Waals surface area contributed by atoms with Crippen LogP contribution in [0.3, 0.4) is 0 Å². The van der Waals surface area contributed by atoms with Crippen molar-refractivity contribution in [2.24, 2.45) is 4.36 Å². The number of nitro benzene ring substituents is 1. The van der Waals surface area contributed by atoms with E-state index in [2.05, 4.69) is 35.6 Å². The van der Waals surface area contributed by atoms with E-state index in [1.807, 2.05) is 20.8 Å². The molecule has 0 bridgehead atoms. The van der Waals surface area contributed by atoms with E-state index in [4.69, 9.17) is 4.74 Å². The van der Waals surface area contributed by atoms with Gasteiger partial charge in [-0.2, -0.15) is 8.42 Å². The van der Waals surface area contributed by atoms with Gasteiger partial charge >= 0.3 is 16.6 Å². The lowest BCUT2D eigenvalue weighted by atomic mass is 9.83. The fourth-order valence-electron chi connectivity index (χ4n) is 4.25. The van der Waals surface area contributed by atoms with Crippen molar-refractivity contribution in [2.45, 2.75) is 116 Å². The van der Waals surface area contributed by atoms with E-state index in [9.17, 15) is 23.3 Å². The largest absolute Gasteiger partial charge is 0.449 e. The van der Waals surface area contributed by atoms with E-state index in [1.165, 1.54) is 19.3 Å². The second-order valence-electron chi connectivity index (χ2n) is 10.5. The number of unbranched alkanes of at least 4 members (excludes halogenated alkanes) is 8. The van der Waals surface area contributed by atoms with Crippen molar-refractivity contribution in [1.82, 2.24) is 0 Å². The Morgan fingerprint density at radius 1 is 1.00 bits per heavy atom. The van der Waals surface area contributed by atoms with Crippen LogP contribution < -0.4 is 0 Å². The van der Waals surface area contributed by atoms with Gasteiger partial charge in [0.25, 0.3) is 5.69 Å². The van der Waals surface area contributed by atoms with E-state index in [-0.39, 0.29) is 11.3 Å². The van der Waals surface area contributed by atoms with Crippen LogP contribution in [0.25, 0.3) is 0 Å². The number of allylic oxidation sites excluding steroid dienone is 4. The Labute approximate surface area is 229 Å². The molecular formula is C29H44N2O6S. The summed E-state index contributed by atoms with van der Waals surface area (Å²) in [4.78, 5) is 23.5. The lowest BCUT2D eigenvalue weighted by molar-refractivity contribution is -0.387. The fraction of sp³-hybridized carbons (Fsp3) is 0.621. The van der Waals surface area contributed by atoms with Gasteiger partial charge < -0.3 is 4.74 Å². The zero-order valence-electron chi connectivity index (χ0n) is 23.4. The van der Waals surface area contributed by atoms with Crippen LogP contribution in [0.15, 0.2) is 46.9 Å². The monoisotopic (exact) mass is 548 g/mol. The minimum Gasteiger partial charge on any atom is -0.439 e. The van der Waals surface area contributed by atoms with Crippen molar-refractivity contribution in [3.63, 3.8) is 0 Å². The zero-order chi connectivity index (χ0) is 28.4. The van der Waals surface area contributed by atoms with Crippen LogP contribution in [0.2, 0.25) is 0 Å². The molecule has 8 nitrogen and oxygen atoms in total. The van der Waals surface area contributed by atoms with Crippen molar-refractivity contribution in [2.75, 3.05) is 0 Å². The Kier molecular flexibility index (Phi) is 16.1. The Hall–Kier alpha value is -2.81. The van der Waals surface area contributed by atoms with Gasteiger partial charge in [-0.1, -0.05) is 101 Å². The second-order valence-corrected chi connectivity index (χ2v) is 11.1. The van der Waals surface area contributed by atoms with Crippen LogP contribution in [-0.4, -0.2) is 19.4 Å². The summed E-state index contributed by atoms with van der Waals surface area (Å²) in [5.74, 6) is 0. The number of nitrogens with zero attached hydrogens (tertiary/aromatic N) is 2. The molecular weight excluding hydrogens is 504 g/mol. The maximum Gasteiger partial charge on any atom is 0.449 e. The van der Waals surface area contributed by atoms with E-state index < -0.39 is 33.0 Å². The maximum atomic E-state index is 12.0. The second kappa shape index (κ2) is 18.4. The van der Waals surface area contributed by atoms with Crippen molar-refractivity contribution in [3.8, 4) is 0 Å². The summed E-state index contributed by atoms with van der Waals surface area (Å²) in [7, 11) is -2.96. The van der Waals surface area contributed by atoms with Gasteiger partial charge in [0.1, 0.15) is 6.10 Å². The molecule has 1 atom stereocenters. The quantitative estimate of drug-likeness (QED) is 0.0830. The third-order valence-corrected chi connectivity index (χ3v) is 6.51. The Morgan fingerprint density at radius 2 is 1.61 bits per heavy atom. The number of para-hydroxylation sites is 1. The number of hydrogen-bond donors (Lipinski definition) is 0. The lowest BCUT2D eigenvalue weighted by Crippen LogP contribution is -2.17. The Morgan fingerprint density at radius 3 is 2.18 bits per heavy atom. The molecule has 0 aliphatic carbocycles. The molecule has 0 aliphatic heterocycles. The third-order valence-electron chi connectivity index (χ3n) is 6.21. The van der Waals surface area contributed by atoms with Gasteiger partial charge in [-0.25, -0.2) is 4.79 Å². The molecule has 38 heavy (non-hydrogen) atoms. The zero-order valence-corrected chi connectivity index (χ0v) is 24.2. The molecule has 212 valence electrons. The van der Waals surface area contributed by atoms with E-state index >= 15 is 0 Å². The average molecular weight is 549 g/mol. The van der Waals surface area contributed by atoms with Gasteiger partial charge in [0, 0.05) is 5.56 Å². The smallest absolute Gasteiger partial charge is 0.439 e. The normalized spacial score (nSPS) is 12.6. The minimum absolute atomic E-state index is 0.108. The van der Waals surface area contributed by atoms with Crippen molar-refractivity contribution >= 4 is 22.3 Å². The van der Waals surface area contributed by atoms with Crippen molar-refractivity contribution in [1.29, 1.82) is 0 Å². The first-order valence-electron chi connectivity index (χ1n) is 13.7. The number of hydrogen-bond acceptors (Lipinski definition) is 6. The molecule has 0 fully saturated rings. The van der Waals surface area contributed by atoms with E-state index in [1.54, 1.807) is 18.2 Å². The first kappa shape index (κ1) is 33.2. The summed E-state index contributed by atoms with van der Waals surface area (Å²) in [6, 6.07) is 4.95. The molecule has 1 aromatic carbocycles. The number of rotatable bonds is 17. The molecule has 1 aromatic rings. The molecule has 0 saturated heterocycles. The number of benzene rings is 1. The summed E-state index contributed by atoms with van der Waals surface area (Å²) in [5.41, 5.74) is 0.161. The van der Waals surface area contributed by atoms with Gasteiger partial charge in [-0.15, -0.1) is 0 Å². The van der Waals surface area contributed by atoms with Crippen LogP contribution >= 0.6 is 0 Å². The third kappa shape index (κ3) is 13.7. The average Bonchev–Trinajstić information content (AvgIpc) is 2.84. The molecule has 9 heteroatoms. The van der Waals surface area contributed by atoms with Gasteiger partial charge in [-0.3, -0.25) is 10.1 Å². The van der Waals surface area contributed by atoms with Crippen molar-refractivity contribution < 1.29 is 22.9 Å². The maximum absolute atomic E-state index is 12.0. The van der Waals surface area contributed by atoms with Crippen LogP contribution in [0.1, 0.15) is 122 Å². The minimum atomic E-state index is -2.96. The molecule has 1 amide bonds. The highest BCUT2D eigenvalue weighted by molar-refractivity contribution is 7.62. The van der Waals surface area contributed by atoms with Crippen LogP contribution in [-0.2, 0) is 20.7 Å². The molecule has 0 spiro atoms. The first-order chi connectivity index (χ1) is 18.1. The number of carbonyl (C=O) groups excluding carboxylic acids is 1. The van der Waals surface area contributed by atoms with Gasteiger partial charge in [0.15, 0.2) is 0 Å². The predicted molar refractivity (Wildman–Crippen MR) is 152 cm³/mol. The van der Waals surface area contributed by atoms with Crippen LogP contribution in [0.4, 0.5) is 10.5 Å². The molecule has 0 saturated carbocycles. The molecule has 0 aliphatic rings. The SMILES string of the molecule is CCCCC/C=C\C/C=C\CCCCCCCC(OC(=O)N=S(=O)=O)c1cccc(C(C)(C)C)c1[N+](=O)[O-]. The lowest BCUT2D eigenvalue weighted by Gasteiger charge is -2.23. The Bertz CT molecular complexity index is 1060. The number of nitro groups is 1. The highest BCUT2D eigenvalue weighted by atomic mass is 32.2. The molecule has 0 heterocycles. The Balaban J connectivity index is 2.66. The van der Waals surface area contributed by atoms with Gasteiger partial charge in [0.2, 0.25) is 0 Å². The van der Waals surface area contributed by atoms with Crippen LogP contribution in [0.5, 0.6) is 0 Å². The number of carbonyl (C=O) groups is 1. The summed E-state index contributed by atoms with van der Waals surface area (Å²) >= 11 is 0. The first-order valence-corrected chi connectivity index (χ1v) is 14.7. The molecule has 0 aromatic heterocycles. The standard InChI is InChI=1S/C29H44N2O6S/c1-5-6-7-8-9-10-11-12-13-14-15-16-17-18-19-23-26(37-28(32)30-38(35)36)24-21-20-22-25(29(2,3)4)27(24)31(33)34/h9-10,12-13,20-22,26H,5-8,11,14-19,23H2,1-4H3/b10-9-,13-12-. The van der Waals surface area contributed by atoms with Crippen molar-refractivity contribution in [3.05, 3.63) is 63.7 Å².